The highest BCUT2D eigenvalue weighted by Crippen LogP contribution is 2.20. The van der Waals surface area contributed by atoms with E-state index in [0.717, 1.165) is 52.6 Å². The summed E-state index contributed by atoms with van der Waals surface area (Å²) >= 11 is 0. The van der Waals surface area contributed by atoms with Gasteiger partial charge in [0.15, 0.2) is 0 Å². The Labute approximate surface area is 206 Å². The maximum Gasteiger partial charge on any atom is 0.113 e. The van der Waals surface area contributed by atoms with Crippen LogP contribution in [-0.2, 0) is 12.8 Å². The summed E-state index contributed by atoms with van der Waals surface area (Å²) in [5.41, 5.74) is 7.07. The minimum Gasteiger partial charge on any atom is -0.393 e. The van der Waals surface area contributed by atoms with Crippen molar-refractivity contribution in [2.75, 3.05) is 0 Å². The lowest BCUT2D eigenvalue weighted by Gasteiger charge is -2.13. The summed E-state index contributed by atoms with van der Waals surface area (Å²) in [6.07, 6.45) is 6.92. The largest absolute Gasteiger partial charge is 0.393 e. The van der Waals surface area contributed by atoms with Gasteiger partial charge >= 0.3 is 0 Å². The lowest BCUT2D eigenvalue weighted by atomic mass is 9.99. The molecular weight excluding hydrogens is 436 g/mol. The molecular formula is C28H34N6O. The second-order valence-corrected chi connectivity index (χ2v) is 8.90. The Morgan fingerprint density at radius 2 is 1.37 bits per heavy atom. The lowest BCUT2D eigenvalue weighted by Crippen LogP contribution is -2.11. The summed E-state index contributed by atoms with van der Waals surface area (Å²) < 4.78 is 0. The molecule has 0 amide bonds. The first-order valence-corrected chi connectivity index (χ1v) is 12.5. The number of unbranched alkanes of at least 4 members (excludes halogenated alkanes) is 2. The first kappa shape index (κ1) is 24.5. The topological polar surface area (TPSA) is 92.5 Å². The number of benzene rings is 3. The van der Waals surface area contributed by atoms with Gasteiger partial charge in [0, 0.05) is 0 Å². The minimum absolute atomic E-state index is 0.289. The number of H-pyrrole nitrogens is 1. The van der Waals surface area contributed by atoms with Gasteiger partial charge in [-0.25, -0.2) is 0 Å². The molecule has 3 aromatic carbocycles. The van der Waals surface area contributed by atoms with Crippen LogP contribution in [0.4, 0.5) is 0 Å². The third-order valence-corrected chi connectivity index (χ3v) is 5.94. The van der Waals surface area contributed by atoms with E-state index >= 15 is 0 Å². The van der Waals surface area contributed by atoms with Crippen molar-refractivity contribution in [2.45, 2.75) is 64.9 Å². The lowest BCUT2D eigenvalue weighted by molar-refractivity contribution is 0.164. The van der Waals surface area contributed by atoms with E-state index in [9.17, 15) is 5.11 Å². The number of rotatable bonds is 9. The number of nitrogens with one attached hydrogen (secondary N) is 1. The van der Waals surface area contributed by atoms with Gasteiger partial charge in [0.25, 0.3) is 0 Å². The van der Waals surface area contributed by atoms with Crippen LogP contribution in [0.3, 0.4) is 0 Å². The number of aromatic amines is 1. The molecule has 7 nitrogen and oxygen atoms in total. The Kier molecular flexibility index (Phi) is 8.57. The predicted octanol–water partition coefficient (Wildman–Crippen LogP) is 5.81. The summed E-state index contributed by atoms with van der Waals surface area (Å²) in [6, 6.07) is 22.2. The second-order valence-electron chi connectivity index (χ2n) is 8.90. The number of aryl methyl sites for hydroxylation is 1. The molecule has 35 heavy (non-hydrogen) atoms. The zero-order valence-corrected chi connectivity index (χ0v) is 20.6. The molecule has 0 spiro atoms. The second kappa shape index (κ2) is 12.2. The van der Waals surface area contributed by atoms with Gasteiger partial charge < -0.3 is 5.11 Å². The van der Waals surface area contributed by atoms with Crippen molar-refractivity contribution in [3.05, 3.63) is 77.9 Å². The molecule has 2 aromatic heterocycles. The summed E-state index contributed by atoms with van der Waals surface area (Å²) in [5, 5.41) is 29.8. The zero-order chi connectivity index (χ0) is 24.5. The number of aromatic nitrogens is 6. The van der Waals surface area contributed by atoms with E-state index in [1.807, 2.05) is 48.5 Å². The highest BCUT2D eigenvalue weighted by Gasteiger charge is 2.10. The number of nitrogens with zero attached hydrogens (tertiary/aromatic N) is 5. The molecule has 0 saturated heterocycles. The van der Waals surface area contributed by atoms with Gasteiger partial charge in [0.2, 0.25) is 0 Å². The van der Waals surface area contributed by atoms with Gasteiger partial charge in [-0.05, 0) is 73.2 Å². The molecule has 0 aliphatic carbocycles. The molecule has 5 rings (SSSR count). The molecule has 0 aliphatic rings. The molecule has 5 aromatic rings. The van der Waals surface area contributed by atoms with E-state index in [1.54, 1.807) is 4.80 Å². The first-order chi connectivity index (χ1) is 17.2. The van der Waals surface area contributed by atoms with Crippen LogP contribution in [0.15, 0.2) is 66.7 Å². The highest BCUT2D eigenvalue weighted by molar-refractivity contribution is 5.73. The number of hydrogen-bond acceptors (Lipinski definition) is 5. The monoisotopic (exact) mass is 470 g/mol. The van der Waals surface area contributed by atoms with Gasteiger partial charge in [0.1, 0.15) is 22.1 Å². The Balaban J connectivity index is 0.000000266. The number of hydrogen-bond donors (Lipinski definition) is 2. The van der Waals surface area contributed by atoms with Gasteiger partial charge in [-0.2, -0.15) is 20.2 Å². The van der Waals surface area contributed by atoms with E-state index in [2.05, 4.69) is 57.7 Å². The fraction of sp³-hybridized carbons (Fsp3) is 0.357. The summed E-state index contributed by atoms with van der Waals surface area (Å²) in [7, 11) is 0. The number of aliphatic hydroxyl groups is 1. The molecule has 2 heterocycles. The van der Waals surface area contributed by atoms with Crippen LogP contribution in [0.25, 0.3) is 27.8 Å². The van der Waals surface area contributed by atoms with Crippen LogP contribution in [0, 0.1) is 0 Å². The van der Waals surface area contributed by atoms with Crippen LogP contribution in [0.5, 0.6) is 0 Å². The molecule has 0 fully saturated rings. The molecule has 2 N–H and O–H groups in total. The minimum atomic E-state index is -0.289. The smallest absolute Gasteiger partial charge is 0.113 e. The van der Waals surface area contributed by atoms with Crippen molar-refractivity contribution in [1.82, 2.24) is 30.4 Å². The van der Waals surface area contributed by atoms with E-state index in [0.29, 0.717) is 6.42 Å². The third-order valence-electron chi connectivity index (χ3n) is 5.94. The zero-order valence-electron chi connectivity index (χ0n) is 20.6. The Morgan fingerprint density at radius 3 is 1.97 bits per heavy atom. The van der Waals surface area contributed by atoms with Gasteiger partial charge in [-0.15, -0.1) is 10.2 Å². The molecule has 182 valence electrons. The molecule has 1 atom stereocenters. The van der Waals surface area contributed by atoms with Crippen molar-refractivity contribution in [3.63, 3.8) is 0 Å². The fourth-order valence-corrected chi connectivity index (χ4v) is 4.17. The van der Waals surface area contributed by atoms with Crippen LogP contribution in [-0.4, -0.2) is 41.6 Å². The van der Waals surface area contributed by atoms with E-state index in [-0.39, 0.29) is 6.10 Å². The van der Waals surface area contributed by atoms with Crippen molar-refractivity contribution >= 4 is 22.1 Å². The average Bonchev–Trinajstić information content (AvgIpc) is 3.52. The summed E-state index contributed by atoms with van der Waals surface area (Å²) in [5.74, 6) is 0. The van der Waals surface area contributed by atoms with Crippen LogP contribution < -0.4 is 0 Å². The third kappa shape index (κ3) is 6.73. The Morgan fingerprint density at radius 1 is 0.771 bits per heavy atom. The van der Waals surface area contributed by atoms with Crippen molar-refractivity contribution in [3.8, 4) is 5.69 Å². The predicted molar refractivity (Wildman–Crippen MR) is 141 cm³/mol. The molecule has 0 bridgehead atoms. The van der Waals surface area contributed by atoms with E-state index in [4.69, 9.17) is 0 Å². The normalized spacial score (nSPS) is 12.0. The summed E-state index contributed by atoms with van der Waals surface area (Å²) in [4.78, 5) is 1.73. The number of aliphatic hydroxyl groups excluding tert-OH is 1. The standard InChI is InChI=1S/C22H29N3O.C6H5N3/c1-3-5-6-10-17-13-18(16-20(26)9-4-2)15-19(14-17)25-23-21-11-7-8-12-22(21)24-25;1-2-4-6-5(3-1)7-9-8-6/h7-8,11-15,20,26H,3-6,9-10,16H2,1-2H3;1-4H,(H,7,8,9). The maximum absolute atomic E-state index is 10.2. The van der Waals surface area contributed by atoms with Crippen molar-refractivity contribution in [1.29, 1.82) is 0 Å². The number of fused-ring (bicyclic) bond motifs is 2. The molecule has 0 radical (unpaired) electrons. The SMILES string of the molecule is CCCCCc1cc(CC(O)CCC)cc(-n2nc3ccccc3n2)c1.c1ccc2n[nH]nc2c1. The Hall–Kier alpha value is -3.58. The maximum atomic E-state index is 10.2. The van der Waals surface area contributed by atoms with Gasteiger partial charge in [-0.3, -0.25) is 0 Å². The summed E-state index contributed by atoms with van der Waals surface area (Å²) in [6.45, 7) is 4.33. The molecule has 0 aliphatic heterocycles. The van der Waals surface area contributed by atoms with E-state index in [1.165, 1.54) is 24.8 Å². The van der Waals surface area contributed by atoms with Crippen LogP contribution >= 0.6 is 0 Å². The van der Waals surface area contributed by atoms with E-state index < -0.39 is 0 Å². The quantitative estimate of drug-likeness (QED) is 0.265. The van der Waals surface area contributed by atoms with Crippen molar-refractivity contribution < 1.29 is 5.11 Å². The highest BCUT2D eigenvalue weighted by atomic mass is 16.3. The van der Waals surface area contributed by atoms with Crippen LogP contribution in [0.1, 0.15) is 57.1 Å². The molecule has 1 unspecified atom stereocenters. The van der Waals surface area contributed by atoms with Crippen LogP contribution in [0.2, 0.25) is 0 Å². The van der Waals surface area contributed by atoms with Crippen molar-refractivity contribution in [2.24, 2.45) is 0 Å². The number of para-hydroxylation sites is 2. The van der Waals surface area contributed by atoms with Gasteiger partial charge in [0.05, 0.1) is 11.8 Å². The Bertz CT molecular complexity index is 1280. The van der Waals surface area contributed by atoms with Gasteiger partial charge in [-0.1, -0.05) is 63.4 Å². The molecule has 0 saturated carbocycles. The average molecular weight is 471 g/mol. The first-order valence-electron chi connectivity index (χ1n) is 12.5. The molecule has 7 heteroatoms. The fourth-order valence-electron chi connectivity index (χ4n) is 4.17.